The molecule has 10 heteroatoms. The summed E-state index contributed by atoms with van der Waals surface area (Å²) in [6.07, 6.45) is 4.44. The number of anilines is 1. The van der Waals surface area contributed by atoms with Gasteiger partial charge >= 0.3 is 5.97 Å². The molecular formula is C22H25N3O6S. The number of hydrogen-bond acceptors (Lipinski definition) is 7. The van der Waals surface area contributed by atoms with Crippen molar-refractivity contribution in [3.63, 3.8) is 0 Å². The minimum atomic E-state index is -1.23. The van der Waals surface area contributed by atoms with Gasteiger partial charge in [0.05, 0.1) is 42.1 Å². The molecule has 0 fully saturated rings. The molecule has 2 N–H and O–H groups in total. The number of nitrogens with zero attached hydrogens (tertiary/aromatic N) is 2. The van der Waals surface area contributed by atoms with Gasteiger partial charge in [-0.2, -0.15) is 0 Å². The van der Waals surface area contributed by atoms with Gasteiger partial charge < -0.3 is 19.9 Å². The molecule has 0 unspecified atom stereocenters. The molecule has 0 aliphatic heterocycles. The maximum atomic E-state index is 13.0. The topological polar surface area (TPSA) is 120 Å². The molecule has 3 aromatic rings. The Balaban J connectivity index is 1.99. The zero-order valence-corrected chi connectivity index (χ0v) is 19.2. The molecule has 0 aliphatic rings. The first-order valence-corrected chi connectivity index (χ1v) is 10.9. The van der Waals surface area contributed by atoms with E-state index in [-0.39, 0.29) is 28.3 Å². The number of aromatic nitrogens is 2. The Hall–Kier alpha value is -3.40. The van der Waals surface area contributed by atoms with E-state index in [0.29, 0.717) is 27.2 Å². The highest BCUT2D eigenvalue weighted by atomic mass is 32.1. The van der Waals surface area contributed by atoms with Gasteiger partial charge in [0.15, 0.2) is 11.5 Å². The Labute approximate surface area is 188 Å². The lowest BCUT2D eigenvalue weighted by molar-refractivity contribution is 0.0697. The third-order valence-electron chi connectivity index (χ3n) is 5.13. The third-order valence-corrected chi connectivity index (χ3v) is 6.33. The summed E-state index contributed by atoms with van der Waals surface area (Å²) in [7, 11) is 2.81. The number of amides is 1. The zero-order valence-electron chi connectivity index (χ0n) is 18.4. The summed E-state index contributed by atoms with van der Waals surface area (Å²) in [6, 6.07) is 2.67. The highest BCUT2D eigenvalue weighted by Gasteiger charge is 2.23. The van der Waals surface area contributed by atoms with Gasteiger partial charge in [-0.1, -0.05) is 19.8 Å². The van der Waals surface area contributed by atoms with Crippen molar-refractivity contribution in [2.24, 2.45) is 0 Å². The molecule has 0 spiro atoms. The first kappa shape index (κ1) is 23.3. The molecule has 170 valence electrons. The standard InChI is InChI=1S/C22H25N3O6S/c1-5-6-7-8-25-11-23-20-17(21(25)27)12(2)18(32-20)19(26)24-14-10-16(31-4)15(30-3)9-13(14)22(28)29/h9-11H,5-8H2,1-4H3,(H,24,26)(H,28,29). The molecule has 3 rings (SSSR count). The predicted molar refractivity (Wildman–Crippen MR) is 123 cm³/mol. The van der Waals surface area contributed by atoms with Gasteiger partial charge in [-0.3, -0.25) is 14.2 Å². The number of unbranched alkanes of at least 4 members (excludes halogenated alkanes) is 2. The van der Waals surface area contributed by atoms with Crippen molar-refractivity contribution in [2.45, 2.75) is 39.7 Å². The molecule has 0 saturated carbocycles. The second-order valence-electron chi connectivity index (χ2n) is 7.20. The number of benzene rings is 1. The molecule has 0 saturated heterocycles. The Morgan fingerprint density at radius 2 is 1.88 bits per heavy atom. The molecule has 2 aromatic heterocycles. The van der Waals surface area contributed by atoms with Gasteiger partial charge in [0.2, 0.25) is 0 Å². The first-order valence-electron chi connectivity index (χ1n) is 10.1. The fourth-order valence-electron chi connectivity index (χ4n) is 3.41. The van der Waals surface area contributed by atoms with Crippen LogP contribution >= 0.6 is 11.3 Å². The quantitative estimate of drug-likeness (QED) is 0.465. The lowest BCUT2D eigenvalue weighted by Crippen LogP contribution is -2.21. The average molecular weight is 460 g/mol. The van der Waals surface area contributed by atoms with Gasteiger partial charge in [0.25, 0.3) is 11.5 Å². The molecule has 9 nitrogen and oxygen atoms in total. The van der Waals surface area contributed by atoms with Crippen LogP contribution in [0.25, 0.3) is 10.2 Å². The van der Waals surface area contributed by atoms with Crippen LogP contribution in [0.15, 0.2) is 23.3 Å². The van der Waals surface area contributed by atoms with Crippen molar-refractivity contribution < 1.29 is 24.2 Å². The summed E-state index contributed by atoms with van der Waals surface area (Å²) in [5, 5.41) is 12.6. The third kappa shape index (κ3) is 4.45. The summed E-state index contributed by atoms with van der Waals surface area (Å²) < 4.78 is 11.9. The first-order chi connectivity index (χ1) is 15.3. The summed E-state index contributed by atoms with van der Waals surface area (Å²) in [4.78, 5) is 42.8. The van der Waals surface area contributed by atoms with Crippen LogP contribution in [-0.2, 0) is 6.54 Å². The van der Waals surface area contributed by atoms with Crippen LogP contribution in [0.1, 0.15) is 51.8 Å². The summed E-state index contributed by atoms with van der Waals surface area (Å²) in [6.45, 7) is 4.35. The Bertz CT molecular complexity index is 1230. The Morgan fingerprint density at radius 1 is 1.19 bits per heavy atom. The van der Waals surface area contributed by atoms with Crippen molar-refractivity contribution in [1.29, 1.82) is 0 Å². The van der Waals surface area contributed by atoms with E-state index >= 15 is 0 Å². The molecule has 0 radical (unpaired) electrons. The van der Waals surface area contributed by atoms with Crippen molar-refractivity contribution in [2.75, 3.05) is 19.5 Å². The number of carboxylic acid groups (broad SMARTS) is 1. The van der Waals surface area contributed by atoms with E-state index in [4.69, 9.17) is 9.47 Å². The molecule has 1 aromatic carbocycles. The Kier molecular flexibility index (Phi) is 7.14. The van der Waals surface area contributed by atoms with E-state index in [0.717, 1.165) is 30.6 Å². The van der Waals surface area contributed by atoms with Gasteiger partial charge in [-0.05, 0) is 18.9 Å². The number of fused-ring (bicyclic) bond motifs is 1. The highest BCUT2D eigenvalue weighted by Crippen LogP contribution is 2.34. The molecule has 32 heavy (non-hydrogen) atoms. The molecule has 0 bridgehead atoms. The number of rotatable bonds is 9. The van der Waals surface area contributed by atoms with Crippen LogP contribution in [0, 0.1) is 6.92 Å². The monoisotopic (exact) mass is 459 g/mol. The van der Waals surface area contributed by atoms with E-state index in [9.17, 15) is 19.5 Å². The minimum absolute atomic E-state index is 0.0574. The lowest BCUT2D eigenvalue weighted by Gasteiger charge is -2.13. The molecule has 1 amide bonds. The maximum Gasteiger partial charge on any atom is 0.337 e. The minimum Gasteiger partial charge on any atom is -0.493 e. The molecule has 0 aliphatic carbocycles. The zero-order chi connectivity index (χ0) is 23.4. The predicted octanol–water partition coefficient (Wildman–Crippen LogP) is 3.92. The number of carboxylic acids is 1. The molecular weight excluding hydrogens is 434 g/mol. The van der Waals surface area contributed by atoms with Crippen LogP contribution in [-0.4, -0.2) is 40.8 Å². The van der Waals surface area contributed by atoms with Crippen LogP contribution < -0.4 is 20.3 Å². The van der Waals surface area contributed by atoms with Crippen molar-refractivity contribution >= 4 is 39.1 Å². The van der Waals surface area contributed by atoms with Gasteiger partial charge in [0, 0.05) is 18.7 Å². The number of thiophene rings is 1. The summed E-state index contributed by atoms with van der Waals surface area (Å²) in [5.41, 5.74) is 0.242. The lowest BCUT2D eigenvalue weighted by atomic mass is 10.1. The van der Waals surface area contributed by atoms with Crippen LogP contribution in [0.3, 0.4) is 0 Å². The fourth-order valence-corrected chi connectivity index (χ4v) is 4.44. The summed E-state index contributed by atoms with van der Waals surface area (Å²) >= 11 is 1.09. The van der Waals surface area contributed by atoms with Crippen molar-refractivity contribution in [3.8, 4) is 11.5 Å². The number of methoxy groups -OCH3 is 2. The van der Waals surface area contributed by atoms with Gasteiger partial charge in [-0.15, -0.1) is 11.3 Å². The smallest absolute Gasteiger partial charge is 0.337 e. The van der Waals surface area contributed by atoms with Crippen LogP contribution in [0.2, 0.25) is 0 Å². The highest BCUT2D eigenvalue weighted by molar-refractivity contribution is 7.20. The van der Waals surface area contributed by atoms with Crippen molar-refractivity contribution in [1.82, 2.24) is 9.55 Å². The van der Waals surface area contributed by atoms with E-state index in [1.165, 1.54) is 32.7 Å². The van der Waals surface area contributed by atoms with E-state index in [1.54, 1.807) is 11.5 Å². The second-order valence-corrected chi connectivity index (χ2v) is 8.20. The van der Waals surface area contributed by atoms with Gasteiger partial charge in [-0.25, -0.2) is 9.78 Å². The van der Waals surface area contributed by atoms with E-state index in [1.807, 2.05) is 0 Å². The number of aromatic carboxylic acids is 1. The Morgan fingerprint density at radius 3 is 2.50 bits per heavy atom. The number of ether oxygens (including phenoxy) is 2. The van der Waals surface area contributed by atoms with Crippen LogP contribution in [0.5, 0.6) is 11.5 Å². The largest absolute Gasteiger partial charge is 0.493 e. The normalized spacial score (nSPS) is 10.9. The molecule has 0 atom stereocenters. The van der Waals surface area contributed by atoms with Crippen molar-refractivity contribution in [3.05, 3.63) is 44.8 Å². The maximum absolute atomic E-state index is 13.0. The number of aryl methyl sites for hydroxylation is 2. The number of nitrogens with one attached hydrogen (secondary N) is 1. The SMILES string of the molecule is CCCCCn1cnc2sc(C(=O)Nc3cc(OC)c(OC)cc3C(=O)O)c(C)c2c1=O. The second kappa shape index (κ2) is 9.82. The van der Waals surface area contributed by atoms with E-state index < -0.39 is 11.9 Å². The van der Waals surface area contributed by atoms with E-state index in [2.05, 4.69) is 17.2 Å². The van der Waals surface area contributed by atoms with Gasteiger partial charge in [0.1, 0.15) is 4.83 Å². The van der Waals surface area contributed by atoms with Crippen LogP contribution in [0.4, 0.5) is 5.69 Å². The number of carbonyl (C=O) groups is 2. The number of carbonyl (C=O) groups excluding carboxylic acids is 1. The number of hydrogen-bond donors (Lipinski definition) is 2. The average Bonchev–Trinajstić information content (AvgIpc) is 3.12. The fraction of sp³-hybridized carbons (Fsp3) is 0.364. The molecule has 2 heterocycles. The summed E-state index contributed by atoms with van der Waals surface area (Å²) in [5.74, 6) is -1.26.